The van der Waals surface area contributed by atoms with Crippen LogP contribution in [0.15, 0.2) is 71.6 Å². The maximum Gasteiger partial charge on any atom is 0.303 e. The minimum Gasteiger partial charge on any atom is -0.456 e. The van der Waals surface area contributed by atoms with Gasteiger partial charge in [-0.1, -0.05) is 54.6 Å². The van der Waals surface area contributed by atoms with Gasteiger partial charge in [0, 0.05) is 58.3 Å². The summed E-state index contributed by atoms with van der Waals surface area (Å²) in [6, 6.07) is 17.8. The van der Waals surface area contributed by atoms with Crippen LogP contribution in [0.3, 0.4) is 0 Å². The van der Waals surface area contributed by atoms with Gasteiger partial charge >= 0.3 is 11.9 Å². The highest BCUT2D eigenvalue weighted by Gasteiger charge is 2.52. The predicted molar refractivity (Wildman–Crippen MR) is 171 cm³/mol. The molecular weight excluding hydrogens is 630 g/mol. The first kappa shape index (κ1) is 35.3. The van der Waals surface area contributed by atoms with Crippen molar-refractivity contribution >= 4 is 50.2 Å². The monoisotopic (exact) mass is 669 g/mol. The first-order chi connectivity index (χ1) is 22.2. The number of hydrogen-bond acceptors (Lipinski definition) is 11. The summed E-state index contributed by atoms with van der Waals surface area (Å²) in [5.74, 6) is -2.93. The molecule has 0 bridgehead atoms. The maximum absolute atomic E-state index is 14.3. The van der Waals surface area contributed by atoms with E-state index in [2.05, 4.69) is 5.32 Å². The molecule has 1 N–H and O–H groups in total. The summed E-state index contributed by atoms with van der Waals surface area (Å²) in [6.07, 6.45) is -5.54. The van der Waals surface area contributed by atoms with E-state index in [9.17, 15) is 27.6 Å². The van der Waals surface area contributed by atoms with E-state index in [0.717, 1.165) is 32.0 Å². The number of rotatable bonds is 11. The van der Waals surface area contributed by atoms with Crippen molar-refractivity contribution < 1.29 is 46.5 Å². The fourth-order valence-corrected chi connectivity index (χ4v) is 7.18. The molecule has 14 heteroatoms. The molecule has 4 rings (SSSR count). The van der Waals surface area contributed by atoms with Crippen molar-refractivity contribution in [2.45, 2.75) is 69.8 Å². The van der Waals surface area contributed by atoms with Crippen molar-refractivity contribution in [3.63, 3.8) is 0 Å². The normalized spacial score (nSPS) is 21.0. The van der Waals surface area contributed by atoms with Crippen molar-refractivity contribution in [1.82, 2.24) is 9.62 Å². The highest BCUT2D eigenvalue weighted by Crippen LogP contribution is 2.34. The summed E-state index contributed by atoms with van der Waals surface area (Å²) >= 11 is 0. The van der Waals surface area contributed by atoms with E-state index in [-0.39, 0.29) is 11.5 Å². The first-order valence-corrected chi connectivity index (χ1v) is 16.3. The molecule has 1 saturated heterocycles. The molecule has 47 heavy (non-hydrogen) atoms. The molecule has 13 nitrogen and oxygen atoms in total. The summed E-state index contributed by atoms with van der Waals surface area (Å²) in [7, 11) is -0.878. The quantitative estimate of drug-likeness (QED) is 0.300. The summed E-state index contributed by atoms with van der Waals surface area (Å²) in [6.45, 7) is 3.93. The zero-order valence-corrected chi connectivity index (χ0v) is 27.9. The molecule has 3 aromatic carbocycles. The number of carbonyl (C=O) groups excluding carboxylic acids is 4. The van der Waals surface area contributed by atoms with Gasteiger partial charge in [0.05, 0.1) is 18.0 Å². The van der Waals surface area contributed by atoms with Gasteiger partial charge in [-0.15, -0.1) is 0 Å². The molecule has 252 valence electrons. The molecule has 0 aromatic heterocycles. The predicted octanol–water partition coefficient (Wildman–Crippen LogP) is 2.75. The molecular formula is C33H39N3O10S. The minimum atomic E-state index is -4.54. The van der Waals surface area contributed by atoms with E-state index in [1.54, 1.807) is 48.5 Å². The van der Waals surface area contributed by atoms with Gasteiger partial charge < -0.3 is 29.2 Å². The van der Waals surface area contributed by atoms with Gasteiger partial charge in [-0.2, -0.15) is 0 Å². The fraction of sp³-hybridized carbons (Fsp3) is 0.394. The number of carbonyl (C=O) groups is 4. The zero-order chi connectivity index (χ0) is 34.5. The molecule has 1 heterocycles. The van der Waals surface area contributed by atoms with Crippen molar-refractivity contribution in [2.24, 2.45) is 0 Å². The number of ether oxygens (including phenoxy) is 4. The number of nitrogens with zero attached hydrogens (tertiary/aromatic N) is 2. The zero-order valence-electron chi connectivity index (χ0n) is 27.0. The van der Waals surface area contributed by atoms with Crippen molar-refractivity contribution in [3.8, 4) is 0 Å². The second-order valence-electron chi connectivity index (χ2n) is 11.3. The Kier molecular flexibility index (Phi) is 11.2. The standard InChI is InChI=1S/C33H39N3O10S/c1-20(37)34-30-32(45-23(4)40)31(44-22(3)39)28(46-33(30)43-19-24-12-8-7-9-13-24)18-36(21(2)38)47(41,42)29-17-11-14-25-26(29)15-10-16-27(25)35(5)6/h7-17,28,30-33H,18-19H2,1-6H3,(H,34,37)/t28-,30-,31-,32-,33+/m1/s1. The van der Waals surface area contributed by atoms with E-state index in [1.807, 2.05) is 31.1 Å². The minimum absolute atomic E-state index is 0.00172. The summed E-state index contributed by atoms with van der Waals surface area (Å²) in [5, 5.41) is 3.69. The number of anilines is 1. The molecule has 0 spiro atoms. The average Bonchev–Trinajstić information content (AvgIpc) is 3.00. The van der Waals surface area contributed by atoms with Crippen LogP contribution in [0.25, 0.3) is 10.8 Å². The van der Waals surface area contributed by atoms with Gasteiger partial charge in [-0.3, -0.25) is 19.2 Å². The number of benzene rings is 3. The molecule has 1 aliphatic rings. The van der Waals surface area contributed by atoms with E-state index >= 15 is 0 Å². The number of fused-ring (bicyclic) bond motifs is 1. The van der Waals surface area contributed by atoms with E-state index in [4.69, 9.17) is 18.9 Å². The Labute approximate surface area is 273 Å². The largest absolute Gasteiger partial charge is 0.456 e. The average molecular weight is 670 g/mol. The number of hydrogen-bond donors (Lipinski definition) is 1. The highest BCUT2D eigenvalue weighted by molar-refractivity contribution is 7.90. The van der Waals surface area contributed by atoms with E-state index in [0.29, 0.717) is 15.1 Å². The number of amides is 2. The second kappa shape index (κ2) is 14.9. The van der Waals surface area contributed by atoms with Gasteiger partial charge in [0.2, 0.25) is 11.8 Å². The summed E-state index contributed by atoms with van der Waals surface area (Å²) in [4.78, 5) is 51.8. The Morgan fingerprint density at radius 2 is 1.43 bits per heavy atom. The van der Waals surface area contributed by atoms with Gasteiger partial charge in [0.15, 0.2) is 18.5 Å². The van der Waals surface area contributed by atoms with Crippen LogP contribution in [0.5, 0.6) is 0 Å². The van der Waals surface area contributed by atoms with Crippen LogP contribution in [0.1, 0.15) is 33.3 Å². The third-order valence-electron chi connectivity index (χ3n) is 7.48. The lowest BCUT2D eigenvalue weighted by atomic mass is 9.95. The molecule has 1 aliphatic heterocycles. The van der Waals surface area contributed by atoms with Crippen LogP contribution in [0.4, 0.5) is 5.69 Å². The Hall–Kier alpha value is -4.53. The van der Waals surface area contributed by atoms with Gasteiger partial charge in [-0.25, -0.2) is 12.7 Å². The van der Waals surface area contributed by atoms with Gasteiger partial charge in [-0.05, 0) is 17.7 Å². The Morgan fingerprint density at radius 1 is 0.809 bits per heavy atom. The molecule has 0 unspecified atom stereocenters. The lowest BCUT2D eigenvalue weighted by Crippen LogP contribution is -2.67. The van der Waals surface area contributed by atoms with Crippen molar-refractivity contribution in [2.75, 3.05) is 25.5 Å². The van der Waals surface area contributed by atoms with Crippen LogP contribution >= 0.6 is 0 Å². The maximum atomic E-state index is 14.3. The van der Waals surface area contributed by atoms with Crippen molar-refractivity contribution in [3.05, 3.63) is 72.3 Å². The second-order valence-corrected chi connectivity index (χ2v) is 13.1. The Morgan fingerprint density at radius 3 is 2.02 bits per heavy atom. The van der Waals surface area contributed by atoms with Crippen LogP contribution in [-0.2, 0) is 54.8 Å². The molecule has 0 aliphatic carbocycles. The van der Waals surface area contributed by atoms with Gasteiger partial charge in [0.1, 0.15) is 12.1 Å². The topological polar surface area (TPSA) is 158 Å². The lowest BCUT2D eigenvalue weighted by Gasteiger charge is -2.46. The van der Waals surface area contributed by atoms with Crippen molar-refractivity contribution in [1.29, 1.82) is 0 Å². The molecule has 0 radical (unpaired) electrons. The molecule has 0 saturated carbocycles. The number of esters is 2. The molecule has 2 amide bonds. The highest BCUT2D eigenvalue weighted by atomic mass is 32.2. The molecule has 5 atom stereocenters. The SMILES string of the molecule is CC(=O)N[C@H]1[C@@H](OCc2ccccc2)O[C@H](CN(C(C)=O)S(=O)(=O)c2cccc3c(N(C)C)cccc23)[C@@H](OC(C)=O)[C@@H]1OC(C)=O. The van der Waals surface area contributed by atoms with Gasteiger partial charge in [0.25, 0.3) is 10.0 Å². The Balaban J connectivity index is 1.79. The third kappa shape index (κ3) is 8.25. The van der Waals surface area contributed by atoms with Crippen LogP contribution in [-0.4, -0.2) is 87.8 Å². The summed E-state index contributed by atoms with van der Waals surface area (Å²) in [5.41, 5.74) is 1.52. The van der Waals surface area contributed by atoms with E-state index < -0.39 is 71.0 Å². The third-order valence-corrected chi connectivity index (χ3v) is 9.38. The lowest BCUT2D eigenvalue weighted by molar-refractivity contribution is -0.275. The van der Waals surface area contributed by atoms with Crippen LogP contribution in [0.2, 0.25) is 0 Å². The van der Waals surface area contributed by atoms with E-state index in [1.165, 1.54) is 13.0 Å². The number of sulfonamides is 1. The summed E-state index contributed by atoms with van der Waals surface area (Å²) < 4.78 is 52.6. The van der Waals surface area contributed by atoms with Crippen LogP contribution in [0, 0.1) is 0 Å². The smallest absolute Gasteiger partial charge is 0.303 e. The molecule has 3 aromatic rings. The van der Waals surface area contributed by atoms with Crippen LogP contribution < -0.4 is 10.2 Å². The Bertz CT molecular complexity index is 1730. The molecule has 1 fully saturated rings. The number of nitrogens with one attached hydrogen (secondary N) is 1. The first-order valence-electron chi connectivity index (χ1n) is 14.9. The fourth-order valence-electron chi connectivity index (χ4n) is 5.56.